The summed E-state index contributed by atoms with van der Waals surface area (Å²) in [7, 11) is 0. The third kappa shape index (κ3) is 4.22. The van der Waals surface area contributed by atoms with Crippen molar-refractivity contribution < 1.29 is 4.79 Å². The number of aromatic nitrogens is 2. The van der Waals surface area contributed by atoms with Crippen molar-refractivity contribution in [3.63, 3.8) is 0 Å². The molecule has 7 heteroatoms. The van der Waals surface area contributed by atoms with Crippen LogP contribution in [0.4, 0.5) is 11.5 Å². The Balaban J connectivity index is 1.33. The minimum atomic E-state index is 0.111. The first kappa shape index (κ1) is 19.0. The summed E-state index contributed by atoms with van der Waals surface area (Å²) in [5.41, 5.74) is 1.07. The molecule has 2 aromatic rings. The predicted molar refractivity (Wildman–Crippen MR) is 112 cm³/mol. The van der Waals surface area contributed by atoms with Crippen LogP contribution in [-0.4, -0.2) is 60.0 Å². The van der Waals surface area contributed by atoms with Crippen LogP contribution in [0, 0.1) is 5.92 Å². The Kier molecular flexibility index (Phi) is 5.95. The number of hydrogen-bond donors (Lipinski definition) is 0. The van der Waals surface area contributed by atoms with Crippen molar-refractivity contribution in [1.29, 1.82) is 0 Å². The second-order valence-corrected chi connectivity index (χ2v) is 7.85. The van der Waals surface area contributed by atoms with E-state index < -0.39 is 0 Å². The first-order valence-electron chi connectivity index (χ1n) is 10.0. The number of benzene rings is 1. The fourth-order valence-electron chi connectivity index (χ4n) is 4.16. The lowest BCUT2D eigenvalue weighted by Crippen LogP contribution is -2.44. The summed E-state index contributed by atoms with van der Waals surface area (Å²) < 4.78 is 0. The second-order valence-electron chi connectivity index (χ2n) is 7.44. The third-order valence-electron chi connectivity index (χ3n) is 5.72. The average molecular weight is 400 g/mol. The molecule has 0 N–H and O–H groups in total. The lowest BCUT2D eigenvalue weighted by atomic mass is 9.95. The van der Waals surface area contributed by atoms with Crippen LogP contribution in [0.15, 0.2) is 42.9 Å². The molecular weight excluding hydrogens is 374 g/mol. The number of nitrogens with zero attached hydrogens (tertiary/aromatic N) is 5. The molecule has 0 unspecified atom stereocenters. The standard InChI is InChI=1S/C21H26ClN5O/c22-18-4-1-2-5-19(18)25-10-3-11-27(15-14-25)21(28)17-6-12-26(13-7-17)20-16-23-8-9-24-20/h1-2,4-5,8-9,16-17H,3,6-7,10-15H2. The van der Waals surface area contributed by atoms with E-state index in [-0.39, 0.29) is 5.92 Å². The molecule has 2 aliphatic heterocycles. The number of hydrogen-bond acceptors (Lipinski definition) is 5. The maximum absolute atomic E-state index is 13.1. The number of piperidine rings is 1. The lowest BCUT2D eigenvalue weighted by molar-refractivity contribution is -0.135. The Morgan fingerprint density at radius 2 is 1.79 bits per heavy atom. The highest BCUT2D eigenvalue weighted by molar-refractivity contribution is 6.33. The normalized spacial score (nSPS) is 18.8. The summed E-state index contributed by atoms with van der Waals surface area (Å²) in [6, 6.07) is 7.95. The number of anilines is 2. The van der Waals surface area contributed by atoms with Gasteiger partial charge < -0.3 is 14.7 Å². The molecule has 0 radical (unpaired) electrons. The molecule has 3 heterocycles. The minimum Gasteiger partial charge on any atom is -0.368 e. The van der Waals surface area contributed by atoms with Crippen molar-refractivity contribution in [1.82, 2.24) is 14.9 Å². The van der Waals surface area contributed by atoms with Crippen LogP contribution < -0.4 is 9.80 Å². The van der Waals surface area contributed by atoms with Crippen molar-refractivity contribution in [3.8, 4) is 0 Å². The van der Waals surface area contributed by atoms with E-state index in [4.69, 9.17) is 11.6 Å². The predicted octanol–water partition coefficient (Wildman–Crippen LogP) is 3.09. The number of rotatable bonds is 3. The highest BCUT2D eigenvalue weighted by atomic mass is 35.5. The molecule has 0 bridgehead atoms. The van der Waals surface area contributed by atoms with Crippen LogP contribution in [0.25, 0.3) is 0 Å². The molecule has 0 saturated carbocycles. The van der Waals surface area contributed by atoms with Gasteiger partial charge in [-0.3, -0.25) is 9.78 Å². The second kappa shape index (κ2) is 8.78. The van der Waals surface area contributed by atoms with E-state index in [1.165, 1.54) is 0 Å². The van der Waals surface area contributed by atoms with Gasteiger partial charge in [0.1, 0.15) is 5.82 Å². The lowest BCUT2D eigenvalue weighted by Gasteiger charge is -2.34. The first-order chi connectivity index (χ1) is 13.7. The van der Waals surface area contributed by atoms with Gasteiger partial charge in [0.15, 0.2) is 0 Å². The Morgan fingerprint density at radius 1 is 0.964 bits per heavy atom. The maximum Gasteiger partial charge on any atom is 0.225 e. The molecule has 1 aromatic carbocycles. The minimum absolute atomic E-state index is 0.111. The van der Waals surface area contributed by atoms with Gasteiger partial charge in [0.05, 0.1) is 16.9 Å². The summed E-state index contributed by atoms with van der Waals surface area (Å²) in [4.78, 5) is 28.2. The third-order valence-corrected chi connectivity index (χ3v) is 6.04. The Labute approximate surface area is 171 Å². The van der Waals surface area contributed by atoms with Gasteiger partial charge in [0, 0.05) is 57.6 Å². The summed E-state index contributed by atoms with van der Waals surface area (Å²) in [5.74, 6) is 1.32. The zero-order valence-corrected chi connectivity index (χ0v) is 16.8. The Bertz CT molecular complexity index is 794. The number of carbonyl (C=O) groups is 1. The number of carbonyl (C=O) groups excluding carboxylic acids is 1. The average Bonchev–Trinajstić information content (AvgIpc) is 3.00. The molecule has 0 spiro atoms. The molecule has 1 aromatic heterocycles. The molecule has 6 nitrogen and oxygen atoms in total. The van der Waals surface area contributed by atoms with E-state index in [2.05, 4.69) is 30.7 Å². The molecule has 2 fully saturated rings. The van der Waals surface area contributed by atoms with Crippen LogP contribution in [0.2, 0.25) is 5.02 Å². The zero-order valence-electron chi connectivity index (χ0n) is 16.0. The van der Waals surface area contributed by atoms with Crippen LogP contribution >= 0.6 is 11.6 Å². The van der Waals surface area contributed by atoms with Gasteiger partial charge in [-0.05, 0) is 31.4 Å². The molecule has 2 saturated heterocycles. The monoisotopic (exact) mass is 399 g/mol. The SMILES string of the molecule is O=C(C1CCN(c2cnccn2)CC1)N1CCCN(c2ccccc2Cl)CC1. The number of para-hydroxylation sites is 1. The molecule has 0 aliphatic carbocycles. The van der Waals surface area contributed by atoms with Crippen molar-refractivity contribution in [2.45, 2.75) is 19.3 Å². The van der Waals surface area contributed by atoms with Crippen molar-refractivity contribution in [2.75, 3.05) is 49.1 Å². The van der Waals surface area contributed by atoms with Gasteiger partial charge >= 0.3 is 0 Å². The maximum atomic E-state index is 13.1. The van der Waals surface area contributed by atoms with Gasteiger partial charge in [-0.1, -0.05) is 23.7 Å². The van der Waals surface area contributed by atoms with E-state index >= 15 is 0 Å². The number of amides is 1. The van der Waals surface area contributed by atoms with Gasteiger partial charge in [-0.2, -0.15) is 0 Å². The largest absolute Gasteiger partial charge is 0.368 e. The first-order valence-corrected chi connectivity index (χ1v) is 10.4. The van der Waals surface area contributed by atoms with Crippen molar-refractivity contribution in [2.24, 2.45) is 5.92 Å². The molecule has 2 aliphatic rings. The number of halogens is 1. The Morgan fingerprint density at radius 3 is 2.54 bits per heavy atom. The zero-order chi connectivity index (χ0) is 19.3. The van der Waals surface area contributed by atoms with Crippen LogP contribution in [0.3, 0.4) is 0 Å². The highest BCUT2D eigenvalue weighted by Crippen LogP contribution is 2.27. The van der Waals surface area contributed by atoms with Gasteiger partial charge in [0.25, 0.3) is 0 Å². The smallest absolute Gasteiger partial charge is 0.225 e. The van der Waals surface area contributed by atoms with Crippen molar-refractivity contribution in [3.05, 3.63) is 47.9 Å². The van der Waals surface area contributed by atoms with E-state index in [9.17, 15) is 4.79 Å². The van der Waals surface area contributed by atoms with Crippen LogP contribution in [-0.2, 0) is 4.79 Å². The van der Waals surface area contributed by atoms with E-state index in [0.717, 1.165) is 75.1 Å². The summed E-state index contributed by atoms with van der Waals surface area (Å²) >= 11 is 6.36. The van der Waals surface area contributed by atoms with E-state index in [1.807, 2.05) is 18.2 Å². The molecule has 1 amide bonds. The van der Waals surface area contributed by atoms with Crippen molar-refractivity contribution >= 4 is 29.0 Å². The summed E-state index contributed by atoms with van der Waals surface area (Å²) in [6.45, 7) is 5.05. The highest BCUT2D eigenvalue weighted by Gasteiger charge is 2.30. The molecule has 148 valence electrons. The van der Waals surface area contributed by atoms with E-state index in [0.29, 0.717) is 5.91 Å². The fourth-order valence-corrected chi connectivity index (χ4v) is 4.41. The topological polar surface area (TPSA) is 52.6 Å². The van der Waals surface area contributed by atoms with Gasteiger partial charge in [-0.15, -0.1) is 0 Å². The fraction of sp³-hybridized carbons (Fsp3) is 0.476. The van der Waals surface area contributed by atoms with Crippen LogP contribution in [0.1, 0.15) is 19.3 Å². The van der Waals surface area contributed by atoms with Gasteiger partial charge in [0.2, 0.25) is 5.91 Å². The van der Waals surface area contributed by atoms with Crippen LogP contribution in [0.5, 0.6) is 0 Å². The quantitative estimate of drug-likeness (QED) is 0.793. The molecule has 28 heavy (non-hydrogen) atoms. The van der Waals surface area contributed by atoms with Gasteiger partial charge in [-0.25, -0.2) is 4.98 Å². The Hall–Kier alpha value is -2.34. The molecule has 4 rings (SSSR count). The molecular formula is C21H26ClN5O. The summed E-state index contributed by atoms with van der Waals surface area (Å²) in [5, 5.41) is 0.777. The molecule has 0 atom stereocenters. The van der Waals surface area contributed by atoms with E-state index in [1.54, 1.807) is 18.6 Å². The summed E-state index contributed by atoms with van der Waals surface area (Å²) in [6.07, 6.45) is 7.91.